The lowest BCUT2D eigenvalue weighted by Crippen LogP contribution is -2.13. The van der Waals surface area contributed by atoms with Crippen molar-refractivity contribution in [2.45, 2.75) is 33.6 Å². The molecule has 0 saturated heterocycles. The molecule has 2 rings (SSSR count). The van der Waals surface area contributed by atoms with Crippen LogP contribution in [0.5, 0.6) is 5.75 Å². The van der Waals surface area contributed by atoms with Crippen molar-refractivity contribution in [2.75, 3.05) is 11.9 Å². The number of unbranched alkanes of at least 4 members (excludes halogenated alkanes) is 1. The van der Waals surface area contributed by atoms with Gasteiger partial charge in [0.2, 0.25) is 0 Å². The Kier molecular flexibility index (Phi) is 5.59. The van der Waals surface area contributed by atoms with E-state index in [0.717, 1.165) is 35.4 Å². The highest BCUT2D eigenvalue weighted by Gasteiger charge is 2.09. The van der Waals surface area contributed by atoms with E-state index in [-0.39, 0.29) is 5.91 Å². The van der Waals surface area contributed by atoms with Crippen molar-refractivity contribution in [1.82, 2.24) is 0 Å². The van der Waals surface area contributed by atoms with Gasteiger partial charge >= 0.3 is 0 Å². The lowest BCUT2D eigenvalue weighted by Gasteiger charge is -2.11. The molecule has 3 heteroatoms. The predicted molar refractivity (Wildman–Crippen MR) is 90.7 cm³/mol. The van der Waals surface area contributed by atoms with Gasteiger partial charge in [-0.25, -0.2) is 0 Å². The van der Waals surface area contributed by atoms with Crippen molar-refractivity contribution in [1.29, 1.82) is 0 Å². The second-order valence-corrected chi connectivity index (χ2v) is 5.43. The molecular formula is C19H23NO2. The molecule has 0 aromatic heterocycles. The number of amides is 1. The molecule has 0 aliphatic carbocycles. The second kappa shape index (κ2) is 7.64. The number of aryl methyl sites for hydroxylation is 1. The summed E-state index contributed by atoms with van der Waals surface area (Å²) >= 11 is 0. The van der Waals surface area contributed by atoms with Gasteiger partial charge in [0.1, 0.15) is 5.75 Å². The molecule has 0 aliphatic rings. The molecule has 0 fully saturated rings. The van der Waals surface area contributed by atoms with Crippen LogP contribution in [0, 0.1) is 13.8 Å². The van der Waals surface area contributed by atoms with Crippen molar-refractivity contribution in [2.24, 2.45) is 0 Å². The van der Waals surface area contributed by atoms with Crippen LogP contribution in [-0.4, -0.2) is 12.5 Å². The van der Waals surface area contributed by atoms with Crippen LogP contribution >= 0.6 is 0 Å². The van der Waals surface area contributed by atoms with Crippen molar-refractivity contribution in [3.8, 4) is 5.75 Å². The minimum absolute atomic E-state index is 0.116. The van der Waals surface area contributed by atoms with Gasteiger partial charge in [-0.3, -0.25) is 4.79 Å². The summed E-state index contributed by atoms with van der Waals surface area (Å²) in [5.41, 5.74) is 3.71. The van der Waals surface area contributed by atoms with Crippen LogP contribution in [0.25, 0.3) is 0 Å². The largest absolute Gasteiger partial charge is 0.494 e. The van der Waals surface area contributed by atoms with E-state index in [1.54, 1.807) is 12.1 Å². The molecule has 22 heavy (non-hydrogen) atoms. The van der Waals surface area contributed by atoms with Crippen LogP contribution in [-0.2, 0) is 0 Å². The molecule has 0 saturated carbocycles. The first kappa shape index (κ1) is 16.1. The molecular weight excluding hydrogens is 274 g/mol. The number of benzene rings is 2. The maximum absolute atomic E-state index is 12.4. The number of carbonyl (C=O) groups is 1. The summed E-state index contributed by atoms with van der Waals surface area (Å²) in [6.45, 7) is 6.85. The number of carbonyl (C=O) groups excluding carboxylic acids is 1. The van der Waals surface area contributed by atoms with Gasteiger partial charge in [0.15, 0.2) is 0 Å². The zero-order valence-corrected chi connectivity index (χ0v) is 13.5. The Morgan fingerprint density at radius 2 is 1.91 bits per heavy atom. The summed E-state index contributed by atoms with van der Waals surface area (Å²) in [6, 6.07) is 13.2. The van der Waals surface area contributed by atoms with Crippen LogP contribution < -0.4 is 10.1 Å². The number of rotatable bonds is 6. The summed E-state index contributed by atoms with van der Waals surface area (Å²) in [7, 11) is 0. The zero-order chi connectivity index (χ0) is 15.9. The van der Waals surface area contributed by atoms with E-state index in [0.29, 0.717) is 12.2 Å². The average Bonchev–Trinajstić information content (AvgIpc) is 2.52. The van der Waals surface area contributed by atoms with E-state index in [9.17, 15) is 4.79 Å². The third kappa shape index (κ3) is 4.10. The summed E-state index contributed by atoms with van der Waals surface area (Å²) in [6.07, 6.45) is 2.10. The number of nitrogens with one attached hydrogen (secondary N) is 1. The van der Waals surface area contributed by atoms with Gasteiger partial charge in [-0.2, -0.15) is 0 Å². The highest BCUT2D eigenvalue weighted by atomic mass is 16.5. The van der Waals surface area contributed by atoms with E-state index in [4.69, 9.17) is 4.74 Å². The number of anilines is 1. The lowest BCUT2D eigenvalue weighted by molar-refractivity contribution is 0.102. The minimum Gasteiger partial charge on any atom is -0.494 e. The summed E-state index contributed by atoms with van der Waals surface area (Å²) < 4.78 is 5.65. The maximum Gasteiger partial charge on any atom is 0.255 e. The van der Waals surface area contributed by atoms with E-state index in [1.807, 2.05) is 44.2 Å². The lowest BCUT2D eigenvalue weighted by atomic mass is 10.1. The molecule has 3 nitrogen and oxygen atoms in total. The quantitative estimate of drug-likeness (QED) is 0.782. The van der Waals surface area contributed by atoms with Gasteiger partial charge in [0.25, 0.3) is 5.91 Å². The van der Waals surface area contributed by atoms with Crippen LogP contribution in [0.4, 0.5) is 5.69 Å². The van der Waals surface area contributed by atoms with Gasteiger partial charge in [-0.1, -0.05) is 31.5 Å². The fourth-order valence-corrected chi connectivity index (χ4v) is 2.14. The van der Waals surface area contributed by atoms with Gasteiger partial charge in [-0.15, -0.1) is 0 Å². The van der Waals surface area contributed by atoms with E-state index < -0.39 is 0 Å². The Bertz CT molecular complexity index is 650. The Morgan fingerprint density at radius 3 is 2.68 bits per heavy atom. The van der Waals surface area contributed by atoms with Crippen molar-refractivity contribution >= 4 is 11.6 Å². The van der Waals surface area contributed by atoms with Gasteiger partial charge < -0.3 is 10.1 Å². The molecule has 1 amide bonds. The third-order valence-electron chi connectivity index (χ3n) is 3.72. The standard InChI is InChI=1S/C19H23NO2/c1-4-5-12-22-17-10-7-9-16(13-17)19(21)20-18-11-6-8-14(2)15(18)3/h6-11,13H,4-5,12H2,1-3H3,(H,20,21). The smallest absolute Gasteiger partial charge is 0.255 e. The Morgan fingerprint density at radius 1 is 1.14 bits per heavy atom. The third-order valence-corrected chi connectivity index (χ3v) is 3.72. The zero-order valence-electron chi connectivity index (χ0n) is 13.5. The van der Waals surface area contributed by atoms with E-state index >= 15 is 0 Å². The topological polar surface area (TPSA) is 38.3 Å². The van der Waals surface area contributed by atoms with Crippen molar-refractivity contribution < 1.29 is 9.53 Å². The fourth-order valence-electron chi connectivity index (χ4n) is 2.14. The molecule has 2 aromatic rings. The Hall–Kier alpha value is -2.29. The number of hydrogen-bond donors (Lipinski definition) is 1. The fraction of sp³-hybridized carbons (Fsp3) is 0.316. The Balaban J connectivity index is 2.09. The molecule has 1 N–H and O–H groups in total. The highest BCUT2D eigenvalue weighted by Crippen LogP contribution is 2.20. The van der Waals surface area contributed by atoms with Gasteiger partial charge in [0, 0.05) is 11.3 Å². The molecule has 0 radical (unpaired) electrons. The van der Waals surface area contributed by atoms with Crippen molar-refractivity contribution in [3.05, 3.63) is 59.2 Å². The van der Waals surface area contributed by atoms with Gasteiger partial charge in [0.05, 0.1) is 6.61 Å². The molecule has 0 atom stereocenters. The first-order valence-electron chi connectivity index (χ1n) is 7.72. The van der Waals surface area contributed by atoms with Crippen LogP contribution in [0.15, 0.2) is 42.5 Å². The summed E-state index contributed by atoms with van der Waals surface area (Å²) in [5, 5.41) is 2.97. The van der Waals surface area contributed by atoms with Gasteiger partial charge in [-0.05, 0) is 55.7 Å². The average molecular weight is 297 g/mol. The molecule has 0 bridgehead atoms. The molecule has 116 valence electrons. The predicted octanol–water partition coefficient (Wildman–Crippen LogP) is 4.73. The van der Waals surface area contributed by atoms with Crippen LogP contribution in [0.3, 0.4) is 0 Å². The number of ether oxygens (including phenoxy) is 1. The van der Waals surface area contributed by atoms with Crippen LogP contribution in [0.1, 0.15) is 41.3 Å². The summed E-state index contributed by atoms with van der Waals surface area (Å²) in [4.78, 5) is 12.4. The number of hydrogen-bond acceptors (Lipinski definition) is 2. The molecule has 2 aromatic carbocycles. The molecule has 0 heterocycles. The second-order valence-electron chi connectivity index (χ2n) is 5.43. The molecule has 0 aliphatic heterocycles. The first-order valence-corrected chi connectivity index (χ1v) is 7.72. The molecule has 0 unspecified atom stereocenters. The monoisotopic (exact) mass is 297 g/mol. The minimum atomic E-state index is -0.116. The molecule has 0 spiro atoms. The summed E-state index contributed by atoms with van der Waals surface area (Å²) in [5.74, 6) is 0.622. The SMILES string of the molecule is CCCCOc1cccc(C(=O)Nc2cccc(C)c2C)c1. The van der Waals surface area contributed by atoms with E-state index in [2.05, 4.69) is 12.2 Å². The van der Waals surface area contributed by atoms with Crippen molar-refractivity contribution in [3.63, 3.8) is 0 Å². The Labute approximate surface area is 132 Å². The normalized spacial score (nSPS) is 10.3. The highest BCUT2D eigenvalue weighted by molar-refractivity contribution is 6.04. The van der Waals surface area contributed by atoms with E-state index in [1.165, 1.54) is 0 Å². The first-order chi connectivity index (χ1) is 10.6. The van der Waals surface area contributed by atoms with Crippen LogP contribution in [0.2, 0.25) is 0 Å². The maximum atomic E-state index is 12.4.